The molecule has 0 aliphatic rings. The predicted octanol–water partition coefficient (Wildman–Crippen LogP) is 1.05. The Balaban J connectivity index is 2.52. The highest BCUT2D eigenvalue weighted by molar-refractivity contribution is 5.74. The molecule has 0 aromatic carbocycles. The van der Waals surface area contributed by atoms with E-state index in [4.69, 9.17) is 5.11 Å². The van der Waals surface area contributed by atoms with Crippen LogP contribution in [0.1, 0.15) is 44.9 Å². The maximum absolute atomic E-state index is 10.7. The third-order valence-corrected chi connectivity index (χ3v) is 2.19. The summed E-state index contributed by atoms with van der Waals surface area (Å²) < 4.78 is 0. The third kappa shape index (κ3) is 3.30. The summed E-state index contributed by atoms with van der Waals surface area (Å²) in [6.45, 7) is 4.37. The Morgan fingerprint density at radius 1 is 1.53 bits per heavy atom. The Bertz CT molecular complexity index is 324. The standard InChI is InChI=1S/C9H16N4O2/c1-3-4-5-6-13-11-8(10-12-13)7(2)9(14)15/h7H,3-6H2,1-2H3,(H,14,15). The lowest BCUT2D eigenvalue weighted by Gasteiger charge is -1.98. The van der Waals surface area contributed by atoms with Crippen molar-refractivity contribution in [2.75, 3.05) is 0 Å². The molecule has 0 saturated carbocycles. The fraction of sp³-hybridized carbons (Fsp3) is 0.778. The van der Waals surface area contributed by atoms with Gasteiger partial charge in [-0.3, -0.25) is 4.79 Å². The molecule has 15 heavy (non-hydrogen) atoms. The molecule has 6 heteroatoms. The summed E-state index contributed by atoms with van der Waals surface area (Å²) in [6.07, 6.45) is 3.24. The summed E-state index contributed by atoms with van der Waals surface area (Å²) in [7, 11) is 0. The van der Waals surface area contributed by atoms with Gasteiger partial charge in [0.15, 0.2) is 5.82 Å². The molecule has 1 aromatic heterocycles. The summed E-state index contributed by atoms with van der Waals surface area (Å²) in [5.74, 6) is -1.34. The number of carboxylic acids is 1. The van der Waals surface area contributed by atoms with E-state index in [2.05, 4.69) is 22.3 Å². The molecule has 1 aromatic rings. The highest BCUT2D eigenvalue weighted by atomic mass is 16.4. The first-order chi connectivity index (χ1) is 7.15. The topological polar surface area (TPSA) is 80.9 Å². The zero-order valence-corrected chi connectivity index (χ0v) is 9.05. The van der Waals surface area contributed by atoms with Crippen molar-refractivity contribution in [3.63, 3.8) is 0 Å². The molecule has 1 unspecified atom stereocenters. The zero-order valence-electron chi connectivity index (χ0n) is 9.05. The molecule has 0 amide bonds. The van der Waals surface area contributed by atoms with Gasteiger partial charge in [-0.15, -0.1) is 10.2 Å². The fourth-order valence-corrected chi connectivity index (χ4v) is 1.14. The van der Waals surface area contributed by atoms with Crippen molar-refractivity contribution in [1.29, 1.82) is 0 Å². The molecule has 0 radical (unpaired) electrons. The fourth-order valence-electron chi connectivity index (χ4n) is 1.14. The quantitative estimate of drug-likeness (QED) is 0.713. The van der Waals surface area contributed by atoms with E-state index in [0.717, 1.165) is 19.3 Å². The average molecular weight is 212 g/mol. The van der Waals surface area contributed by atoms with Crippen molar-refractivity contribution in [3.8, 4) is 0 Å². The summed E-state index contributed by atoms with van der Waals surface area (Å²) in [6, 6.07) is 0. The maximum atomic E-state index is 10.7. The van der Waals surface area contributed by atoms with Crippen LogP contribution in [0.2, 0.25) is 0 Å². The van der Waals surface area contributed by atoms with Crippen molar-refractivity contribution in [1.82, 2.24) is 20.2 Å². The molecule has 1 heterocycles. The van der Waals surface area contributed by atoms with Gasteiger partial charge >= 0.3 is 5.97 Å². The normalized spacial score (nSPS) is 12.7. The third-order valence-electron chi connectivity index (χ3n) is 2.19. The highest BCUT2D eigenvalue weighted by Gasteiger charge is 2.18. The number of aromatic nitrogens is 4. The van der Waals surface area contributed by atoms with Crippen LogP contribution in [-0.4, -0.2) is 31.3 Å². The molecule has 0 aliphatic carbocycles. The number of rotatable bonds is 6. The first-order valence-electron chi connectivity index (χ1n) is 5.15. The number of aliphatic carboxylic acids is 1. The van der Waals surface area contributed by atoms with Crippen LogP contribution in [-0.2, 0) is 11.3 Å². The SMILES string of the molecule is CCCCCn1nnc(C(C)C(=O)O)n1. The second kappa shape index (κ2) is 5.43. The van der Waals surface area contributed by atoms with Gasteiger partial charge < -0.3 is 5.11 Å². The molecular weight excluding hydrogens is 196 g/mol. The van der Waals surface area contributed by atoms with Crippen LogP contribution in [0.5, 0.6) is 0 Å². The Kier molecular flexibility index (Phi) is 4.20. The first kappa shape index (κ1) is 11.6. The Morgan fingerprint density at radius 3 is 2.87 bits per heavy atom. The van der Waals surface area contributed by atoms with E-state index in [0.29, 0.717) is 6.54 Å². The monoisotopic (exact) mass is 212 g/mol. The van der Waals surface area contributed by atoms with Crippen molar-refractivity contribution in [3.05, 3.63) is 5.82 Å². The first-order valence-corrected chi connectivity index (χ1v) is 5.15. The number of unbranched alkanes of at least 4 members (excludes halogenated alkanes) is 2. The molecule has 6 nitrogen and oxygen atoms in total. The highest BCUT2D eigenvalue weighted by Crippen LogP contribution is 2.08. The maximum Gasteiger partial charge on any atom is 0.314 e. The van der Waals surface area contributed by atoms with Crippen molar-refractivity contribution in [2.24, 2.45) is 0 Å². The van der Waals surface area contributed by atoms with Gasteiger partial charge in [-0.2, -0.15) is 4.80 Å². The molecule has 1 rings (SSSR count). The van der Waals surface area contributed by atoms with Crippen LogP contribution in [0, 0.1) is 0 Å². The van der Waals surface area contributed by atoms with Crippen LogP contribution < -0.4 is 0 Å². The zero-order chi connectivity index (χ0) is 11.3. The van der Waals surface area contributed by atoms with Gasteiger partial charge in [-0.1, -0.05) is 19.8 Å². The second-order valence-electron chi connectivity index (χ2n) is 3.51. The molecule has 1 N–H and O–H groups in total. The Hall–Kier alpha value is -1.46. The molecule has 1 atom stereocenters. The number of nitrogens with zero attached hydrogens (tertiary/aromatic N) is 4. The second-order valence-corrected chi connectivity index (χ2v) is 3.51. The summed E-state index contributed by atoms with van der Waals surface area (Å²) in [4.78, 5) is 12.1. The minimum absolute atomic E-state index is 0.277. The molecule has 0 aliphatic heterocycles. The van der Waals surface area contributed by atoms with Crippen molar-refractivity contribution < 1.29 is 9.90 Å². The van der Waals surface area contributed by atoms with Crippen LogP contribution in [0.25, 0.3) is 0 Å². The Labute approximate surface area is 88.3 Å². The molecular formula is C9H16N4O2. The predicted molar refractivity (Wildman–Crippen MR) is 53.4 cm³/mol. The lowest BCUT2D eigenvalue weighted by molar-refractivity contribution is -0.138. The van der Waals surface area contributed by atoms with Crippen molar-refractivity contribution in [2.45, 2.75) is 45.6 Å². The smallest absolute Gasteiger partial charge is 0.314 e. The van der Waals surface area contributed by atoms with Crippen LogP contribution in [0.4, 0.5) is 0 Å². The summed E-state index contributed by atoms with van der Waals surface area (Å²) >= 11 is 0. The molecule has 84 valence electrons. The van der Waals surface area contributed by atoms with Gasteiger partial charge in [0.25, 0.3) is 0 Å². The van der Waals surface area contributed by atoms with Gasteiger partial charge in [0.05, 0.1) is 6.54 Å². The number of hydrogen-bond acceptors (Lipinski definition) is 4. The average Bonchev–Trinajstić information content (AvgIpc) is 2.65. The van der Waals surface area contributed by atoms with Gasteiger partial charge in [0.1, 0.15) is 5.92 Å². The van der Waals surface area contributed by atoms with E-state index >= 15 is 0 Å². The van der Waals surface area contributed by atoms with Crippen LogP contribution in [0.3, 0.4) is 0 Å². The summed E-state index contributed by atoms with van der Waals surface area (Å²) in [5.41, 5.74) is 0. The van der Waals surface area contributed by atoms with E-state index in [9.17, 15) is 4.79 Å². The van der Waals surface area contributed by atoms with Gasteiger partial charge in [0, 0.05) is 0 Å². The molecule has 0 saturated heterocycles. The van der Waals surface area contributed by atoms with Crippen LogP contribution in [0.15, 0.2) is 0 Å². The van der Waals surface area contributed by atoms with E-state index in [1.54, 1.807) is 6.92 Å². The van der Waals surface area contributed by atoms with Crippen LogP contribution >= 0.6 is 0 Å². The lowest BCUT2D eigenvalue weighted by atomic mass is 10.2. The number of carboxylic acid groups (broad SMARTS) is 1. The van der Waals surface area contributed by atoms with Gasteiger partial charge in [-0.25, -0.2) is 0 Å². The molecule has 0 fully saturated rings. The van der Waals surface area contributed by atoms with Crippen molar-refractivity contribution >= 4 is 5.97 Å². The molecule has 0 spiro atoms. The van der Waals surface area contributed by atoms with E-state index < -0.39 is 11.9 Å². The number of carbonyl (C=O) groups is 1. The van der Waals surface area contributed by atoms with E-state index in [1.807, 2.05) is 0 Å². The number of tetrazole rings is 1. The minimum Gasteiger partial charge on any atom is -0.481 e. The van der Waals surface area contributed by atoms with E-state index in [1.165, 1.54) is 4.80 Å². The number of hydrogen-bond donors (Lipinski definition) is 1. The minimum atomic E-state index is -0.928. The van der Waals surface area contributed by atoms with E-state index in [-0.39, 0.29) is 5.82 Å². The largest absolute Gasteiger partial charge is 0.481 e. The Morgan fingerprint density at radius 2 is 2.27 bits per heavy atom. The summed E-state index contributed by atoms with van der Waals surface area (Å²) in [5, 5.41) is 20.3. The van der Waals surface area contributed by atoms with Gasteiger partial charge in [0.2, 0.25) is 0 Å². The van der Waals surface area contributed by atoms with Gasteiger partial charge in [-0.05, 0) is 18.6 Å². The lowest BCUT2D eigenvalue weighted by Crippen LogP contribution is -2.10. The number of aryl methyl sites for hydroxylation is 1. The molecule has 0 bridgehead atoms.